The molecular weight excluding hydrogens is 228 g/mol. The first kappa shape index (κ1) is 15.0. The molecule has 2 unspecified atom stereocenters. The average Bonchev–Trinajstić information content (AvgIpc) is 2.93. The first-order valence-electron chi connectivity index (χ1n) is 6.80. The number of hydrogen-bond acceptors (Lipinski definition) is 2. The average molecular weight is 254 g/mol. The smallest absolute Gasteiger partial charge is 0.224 e. The van der Waals surface area contributed by atoms with Crippen LogP contribution in [0.25, 0.3) is 0 Å². The van der Waals surface area contributed by atoms with Crippen LogP contribution in [-0.4, -0.2) is 23.9 Å². The van der Waals surface area contributed by atoms with Crippen LogP contribution in [0, 0.1) is 17.8 Å². The summed E-state index contributed by atoms with van der Waals surface area (Å²) >= 11 is 0. The molecule has 18 heavy (non-hydrogen) atoms. The van der Waals surface area contributed by atoms with E-state index >= 15 is 0 Å². The summed E-state index contributed by atoms with van der Waals surface area (Å²) in [4.78, 5) is 23.6. The highest BCUT2D eigenvalue weighted by Gasteiger charge is 2.48. The lowest BCUT2D eigenvalue weighted by Crippen LogP contribution is -2.42. The van der Waals surface area contributed by atoms with Crippen molar-refractivity contribution in [3.8, 4) is 0 Å². The Morgan fingerprint density at radius 1 is 1.17 bits per heavy atom. The van der Waals surface area contributed by atoms with Gasteiger partial charge >= 0.3 is 0 Å². The summed E-state index contributed by atoms with van der Waals surface area (Å²) in [6.07, 6.45) is 1.67. The van der Waals surface area contributed by atoms with E-state index < -0.39 is 0 Å². The van der Waals surface area contributed by atoms with Gasteiger partial charge < -0.3 is 10.6 Å². The van der Waals surface area contributed by atoms with Gasteiger partial charge in [-0.3, -0.25) is 9.59 Å². The predicted octanol–water partition coefficient (Wildman–Crippen LogP) is 1.70. The zero-order valence-corrected chi connectivity index (χ0v) is 12.2. The minimum absolute atomic E-state index is 0.00603. The van der Waals surface area contributed by atoms with Gasteiger partial charge in [0.05, 0.1) is 11.8 Å². The maximum atomic E-state index is 11.8. The van der Waals surface area contributed by atoms with Crippen molar-refractivity contribution in [3.05, 3.63) is 0 Å². The Bertz CT molecular complexity index is 318. The molecule has 0 radical (unpaired) electrons. The number of nitrogens with one attached hydrogen (secondary N) is 2. The molecule has 2 N–H and O–H groups in total. The molecule has 4 nitrogen and oxygen atoms in total. The molecular formula is C14H26N2O2. The van der Waals surface area contributed by atoms with Crippen LogP contribution in [0.2, 0.25) is 0 Å². The van der Waals surface area contributed by atoms with Gasteiger partial charge in [-0.25, -0.2) is 0 Å². The number of amides is 2. The maximum absolute atomic E-state index is 11.8. The van der Waals surface area contributed by atoms with Crippen molar-refractivity contribution < 1.29 is 9.59 Å². The molecule has 2 amide bonds. The molecule has 1 aliphatic carbocycles. The summed E-state index contributed by atoms with van der Waals surface area (Å²) in [5.74, 6) is 0.392. The van der Waals surface area contributed by atoms with Crippen LogP contribution in [0.1, 0.15) is 47.5 Å². The highest BCUT2D eigenvalue weighted by Crippen LogP contribution is 2.39. The quantitative estimate of drug-likeness (QED) is 0.784. The van der Waals surface area contributed by atoms with Crippen LogP contribution in [0.3, 0.4) is 0 Å². The molecule has 1 aliphatic rings. The van der Waals surface area contributed by atoms with E-state index in [1.165, 1.54) is 0 Å². The molecule has 4 heteroatoms. The molecule has 0 aromatic carbocycles. The van der Waals surface area contributed by atoms with Crippen molar-refractivity contribution in [1.29, 1.82) is 0 Å². The number of carbonyl (C=O) groups is 2. The fraction of sp³-hybridized carbons (Fsp3) is 0.857. The summed E-state index contributed by atoms with van der Waals surface area (Å²) in [6.45, 7) is 10.8. The fourth-order valence-electron chi connectivity index (χ4n) is 1.85. The largest absolute Gasteiger partial charge is 0.356 e. The lowest BCUT2D eigenvalue weighted by Gasteiger charge is -2.20. The van der Waals surface area contributed by atoms with Gasteiger partial charge in [-0.1, -0.05) is 13.8 Å². The third-order valence-corrected chi connectivity index (χ3v) is 2.98. The van der Waals surface area contributed by atoms with E-state index in [2.05, 4.69) is 24.5 Å². The molecule has 0 aliphatic heterocycles. The zero-order chi connectivity index (χ0) is 13.9. The van der Waals surface area contributed by atoms with Crippen LogP contribution in [0.15, 0.2) is 0 Å². The van der Waals surface area contributed by atoms with Crippen LogP contribution >= 0.6 is 0 Å². The van der Waals surface area contributed by atoms with E-state index in [0.717, 1.165) is 6.42 Å². The van der Waals surface area contributed by atoms with Crippen molar-refractivity contribution in [3.63, 3.8) is 0 Å². The number of hydrogen-bond donors (Lipinski definition) is 2. The molecule has 0 aromatic rings. The Kier molecular flexibility index (Phi) is 4.77. The summed E-state index contributed by atoms with van der Waals surface area (Å²) in [6, 6.07) is 0. The van der Waals surface area contributed by atoms with E-state index in [1.807, 2.05) is 20.8 Å². The third-order valence-electron chi connectivity index (χ3n) is 2.98. The van der Waals surface area contributed by atoms with Crippen LogP contribution in [-0.2, 0) is 9.59 Å². The van der Waals surface area contributed by atoms with Crippen molar-refractivity contribution in [1.82, 2.24) is 10.6 Å². The van der Waals surface area contributed by atoms with Crippen molar-refractivity contribution >= 4 is 11.8 Å². The maximum Gasteiger partial charge on any atom is 0.224 e. The van der Waals surface area contributed by atoms with Gasteiger partial charge in [0.1, 0.15) is 0 Å². The lowest BCUT2D eigenvalue weighted by molar-refractivity contribution is -0.128. The Balaban J connectivity index is 2.27. The molecule has 0 bridgehead atoms. The van der Waals surface area contributed by atoms with E-state index in [4.69, 9.17) is 0 Å². The monoisotopic (exact) mass is 254 g/mol. The van der Waals surface area contributed by atoms with Gasteiger partial charge in [-0.15, -0.1) is 0 Å². The minimum Gasteiger partial charge on any atom is -0.356 e. The van der Waals surface area contributed by atoms with Gasteiger partial charge in [-0.2, -0.15) is 0 Å². The van der Waals surface area contributed by atoms with E-state index in [1.54, 1.807) is 0 Å². The van der Waals surface area contributed by atoms with E-state index in [9.17, 15) is 9.59 Å². The molecule has 0 aromatic heterocycles. The standard InChI is InChI=1S/C14H26N2O2/c1-9(2)6-7-15-12(17)10-8-11(10)13(18)16-14(3,4)5/h9-11H,6-8H2,1-5H3,(H,15,17)(H,16,18). The van der Waals surface area contributed by atoms with Crippen LogP contribution in [0.5, 0.6) is 0 Å². The zero-order valence-electron chi connectivity index (χ0n) is 12.2. The highest BCUT2D eigenvalue weighted by atomic mass is 16.2. The summed E-state index contributed by atoms with van der Waals surface area (Å²) in [5, 5.41) is 5.83. The van der Waals surface area contributed by atoms with Crippen LogP contribution in [0.4, 0.5) is 0 Å². The lowest BCUT2D eigenvalue weighted by atomic mass is 10.1. The minimum atomic E-state index is -0.224. The first-order chi connectivity index (χ1) is 8.20. The second-order valence-corrected chi connectivity index (χ2v) is 6.66. The van der Waals surface area contributed by atoms with Gasteiger partial charge in [0, 0.05) is 12.1 Å². The Hall–Kier alpha value is -1.06. The topological polar surface area (TPSA) is 58.2 Å². The molecule has 1 rings (SSSR count). The fourth-order valence-corrected chi connectivity index (χ4v) is 1.85. The highest BCUT2D eigenvalue weighted by molar-refractivity contribution is 5.92. The second kappa shape index (κ2) is 5.72. The van der Waals surface area contributed by atoms with E-state index in [0.29, 0.717) is 18.9 Å². The van der Waals surface area contributed by atoms with E-state index in [-0.39, 0.29) is 29.2 Å². The molecule has 0 saturated heterocycles. The SMILES string of the molecule is CC(C)CCNC(=O)C1CC1C(=O)NC(C)(C)C. The molecule has 0 spiro atoms. The summed E-state index contributed by atoms with van der Waals surface area (Å²) < 4.78 is 0. The molecule has 1 fully saturated rings. The van der Waals surface area contributed by atoms with Crippen molar-refractivity contribution in [2.45, 2.75) is 53.0 Å². The molecule has 104 valence electrons. The number of rotatable bonds is 5. The van der Waals surface area contributed by atoms with Gasteiger partial charge in [0.15, 0.2) is 0 Å². The van der Waals surface area contributed by atoms with Crippen LogP contribution < -0.4 is 10.6 Å². The van der Waals surface area contributed by atoms with Gasteiger partial charge in [0.25, 0.3) is 0 Å². The molecule has 1 saturated carbocycles. The molecule has 0 heterocycles. The van der Waals surface area contributed by atoms with Gasteiger partial charge in [-0.05, 0) is 39.5 Å². The molecule has 2 atom stereocenters. The van der Waals surface area contributed by atoms with Crippen molar-refractivity contribution in [2.75, 3.05) is 6.54 Å². The Morgan fingerprint density at radius 3 is 2.22 bits per heavy atom. The Morgan fingerprint density at radius 2 is 1.72 bits per heavy atom. The van der Waals surface area contributed by atoms with Crippen molar-refractivity contribution in [2.24, 2.45) is 17.8 Å². The second-order valence-electron chi connectivity index (χ2n) is 6.66. The first-order valence-corrected chi connectivity index (χ1v) is 6.80. The normalized spacial score (nSPS) is 22.8. The Labute approximate surface area is 110 Å². The van der Waals surface area contributed by atoms with Gasteiger partial charge in [0.2, 0.25) is 11.8 Å². The number of carbonyl (C=O) groups excluding carboxylic acids is 2. The predicted molar refractivity (Wildman–Crippen MR) is 72.0 cm³/mol. The summed E-state index contributed by atoms with van der Waals surface area (Å²) in [5.41, 5.74) is -0.224. The third kappa shape index (κ3) is 5.07. The summed E-state index contributed by atoms with van der Waals surface area (Å²) in [7, 11) is 0.